The van der Waals surface area contributed by atoms with Crippen LogP contribution < -0.4 is 5.32 Å². The first kappa shape index (κ1) is 15.9. The highest BCUT2D eigenvalue weighted by molar-refractivity contribution is 5.56. The normalized spacial score (nSPS) is 15.2. The molecule has 4 nitrogen and oxygen atoms in total. The van der Waals surface area contributed by atoms with Crippen LogP contribution in [0.3, 0.4) is 0 Å². The second kappa shape index (κ2) is 7.51. The van der Waals surface area contributed by atoms with E-state index in [9.17, 15) is 0 Å². The lowest BCUT2D eigenvalue weighted by molar-refractivity contribution is 0.458. The number of rotatable bonds is 5. The molecular weight excluding hydrogens is 308 g/mol. The predicted octanol–water partition coefficient (Wildman–Crippen LogP) is 4.74. The number of nitrogens with zero attached hydrogens (tertiary/aromatic N) is 3. The largest absolute Gasteiger partial charge is 0.352 e. The molecule has 1 heterocycles. The van der Waals surface area contributed by atoms with E-state index in [1.54, 1.807) is 0 Å². The zero-order chi connectivity index (χ0) is 16.9. The van der Waals surface area contributed by atoms with Crippen LogP contribution in [0.25, 0.3) is 11.4 Å². The minimum absolute atomic E-state index is 0.510. The molecule has 0 aliphatic heterocycles. The average molecular weight is 332 g/mol. The Kier molecular flexibility index (Phi) is 4.77. The molecule has 0 radical (unpaired) electrons. The van der Waals surface area contributed by atoms with Crippen LogP contribution in [0.2, 0.25) is 0 Å². The standard InChI is InChI=1S/C21H24N4/c1-4-10-17(11-5-1)16-25-21(22-19-14-8-3-9-15-19)23-20(24-25)18-12-6-2-7-13-18/h1-2,4-7,10-13,19H,3,8-9,14-16H2,(H,22,23,24). The van der Waals surface area contributed by atoms with Crippen molar-refractivity contribution in [3.63, 3.8) is 0 Å². The van der Waals surface area contributed by atoms with E-state index < -0.39 is 0 Å². The van der Waals surface area contributed by atoms with Gasteiger partial charge in [-0.15, -0.1) is 5.10 Å². The van der Waals surface area contributed by atoms with Crippen LogP contribution in [0.1, 0.15) is 37.7 Å². The molecule has 4 rings (SSSR count). The SMILES string of the molecule is c1ccc(Cn2nc(-c3ccccc3)nc2NC2CCCCC2)cc1. The maximum absolute atomic E-state index is 4.81. The molecule has 1 aliphatic rings. The van der Waals surface area contributed by atoms with Crippen molar-refractivity contribution >= 4 is 5.95 Å². The first-order valence-corrected chi connectivity index (χ1v) is 9.19. The van der Waals surface area contributed by atoms with Crippen LogP contribution in [-0.4, -0.2) is 20.8 Å². The lowest BCUT2D eigenvalue weighted by Crippen LogP contribution is -2.24. The molecule has 3 aromatic rings. The van der Waals surface area contributed by atoms with Crippen LogP contribution in [0.5, 0.6) is 0 Å². The zero-order valence-corrected chi connectivity index (χ0v) is 14.4. The van der Waals surface area contributed by atoms with E-state index >= 15 is 0 Å². The quantitative estimate of drug-likeness (QED) is 0.734. The summed E-state index contributed by atoms with van der Waals surface area (Å²) >= 11 is 0. The molecule has 0 unspecified atom stereocenters. The summed E-state index contributed by atoms with van der Waals surface area (Å²) in [5.41, 5.74) is 2.29. The van der Waals surface area contributed by atoms with Crippen molar-refractivity contribution in [1.29, 1.82) is 0 Å². The van der Waals surface area contributed by atoms with Crippen molar-refractivity contribution in [3.05, 3.63) is 66.2 Å². The molecule has 0 atom stereocenters. The molecule has 1 saturated carbocycles. The van der Waals surface area contributed by atoms with Gasteiger partial charge in [0, 0.05) is 11.6 Å². The van der Waals surface area contributed by atoms with Gasteiger partial charge in [-0.25, -0.2) is 4.68 Å². The van der Waals surface area contributed by atoms with Gasteiger partial charge >= 0.3 is 0 Å². The van der Waals surface area contributed by atoms with E-state index in [0.717, 1.165) is 23.9 Å². The van der Waals surface area contributed by atoms with Gasteiger partial charge in [-0.3, -0.25) is 0 Å². The topological polar surface area (TPSA) is 42.7 Å². The van der Waals surface area contributed by atoms with Gasteiger partial charge < -0.3 is 5.32 Å². The number of nitrogens with one attached hydrogen (secondary N) is 1. The van der Waals surface area contributed by atoms with Gasteiger partial charge in [0.15, 0.2) is 5.82 Å². The van der Waals surface area contributed by atoms with Crippen molar-refractivity contribution in [1.82, 2.24) is 14.8 Å². The summed E-state index contributed by atoms with van der Waals surface area (Å²) in [7, 11) is 0. The summed E-state index contributed by atoms with van der Waals surface area (Å²) in [6, 6.07) is 21.2. The Morgan fingerprint density at radius 3 is 2.28 bits per heavy atom. The summed E-state index contributed by atoms with van der Waals surface area (Å²) < 4.78 is 2.01. The Morgan fingerprint density at radius 1 is 0.880 bits per heavy atom. The molecule has 128 valence electrons. The third kappa shape index (κ3) is 3.90. The van der Waals surface area contributed by atoms with Gasteiger partial charge in [-0.05, 0) is 18.4 Å². The average Bonchev–Trinajstić information content (AvgIpc) is 3.06. The van der Waals surface area contributed by atoms with Crippen molar-refractivity contribution in [2.45, 2.75) is 44.7 Å². The Morgan fingerprint density at radius 2 is 1.56 bits per heavy atom. The fraction of sp³-hybridized carbons (Fsp3) is 0.333. The monoisotopic (exact) mass is 332 g/mol. The Bertz CT molecular complexity index is 789. The van der Waals surface area contributed by atoms with Gasteiger partial charge in [-0.2, -0.15) is 4.98 Å². The number of aromatic nitrogens is 3. The van der Waals surface area contributed by atoms with E-state index in [0.29, 0.717) is 6.04 Å². The Hall–Kier alpha value is -2.62. The lowest BCUT2D eigenvalue weighted by Gasteiger charge is -2.23. The second-order valence-electron chi connectivity index (χ2n) is 6.75. The molecule has 0 bridgehead atoms. The molecule has 1 aromatic heterocycles. The van der Waals surface area contributed by atoms with Gasteiger partial charge in [0.1, 0.15) is 0 Å². The molecular formula is C21H24N4. The van der Waals surface area contributed by atoms with E-state index in [4.69, 9.17) is 10.1 Å². The molecule has 2 aromatic carbocycles. The highest BCUT2D eigenvalue weighted by Crippen LogP contribution is 2.23. The molecule has 1 N–H and O–H groups in total. The summed E-state index contributed by atoms with van der Waals surface area (Å²) in [5.74, 6) is 1.67. The van der Waals surface area contributed by atoms with Crippen LogP contribution in [0.15, 0.2) is 60.7 Å². The molecule has 0 amide bonds. The van der Waals surface area contributed by atoms with Crippen LogP contribution >= 0.6 is 0 Å². The van der Waals surface area contributed by atoms with E-state index in [2.05, 4.69) is 41.7 Å². The zero-order valence-electron chi connectivity index (χ0n) is 14.4. The molecule has 1 fully saturated rings. The minimum atomic E-state index is 0.510. The fourth-order valence-corrected chi connectivity index (χ4v) is 3.45. The summed E-state index contributed by atoms with van der Waals surface area (Å²) in [6.07, 6.45) is 6.40. The van der Waals surface area contributed by atoms with Crippen molar-refractivity contribution in [2.75, 3.05) is 5.32 Å². The first-order valence-electron chi connectivity index (χ1n) is 9.19. The highest BCUT2D eigenvalue weighted by Gasteiger charge is 2.18. The third-order valence-electron chi connectivity index (χ3n) is 4.82. The number of benzene rings is 2. The Labute approximate surface area is 148 Å². The Balaban J connectivity index is 1.63. The van der Waals surface area contributed by atoms with Crippen LogP contribution in [0.4, 0.5) is 5.95 Å². The van der Waals surface area contributed by atoms with Crippen molar-refractivity contribution < 1.29 is 0 Å². The molecule has 0 saturated heterocycles. The van der Waals surface area contributed by atoms with Crippen molar-refractivity contribution in [2.24, 2.45) is 0 Å². The van der Waals surface area contributed by atoms with Gasteiger partial charge in [0.05, 0.1) is 6.54 Å². The van der Waals surface area contributed by atoms with E-state index in [-0.39, 0.29) is 0 Å². The smallest absolute Gasteiger partial charge is 0.222 e. The van der Waals surface area contributed by atoms with E-state index in [1.807, 2.05) is 28.9 Å². The number of hydrogen-bond donors (Lipinski definition) is 1. The third-order valence-corrected chi connectivity index (χ3v) is 4.82. The van der Waals surface area contributed by atoms with Crippen molar-refractivity contribution in [3.8, 4) is 11.4 Å². The minimum Gasteiger partial charge on any atom is -0.352 e. The summed E-state index contributed by atoms with van der Waals surface area (Å²) in [5, 5.41) is 8.43. The number of anilines is 1. The number of hydrogen-bond acceptors (Lipinski definition) is 3. The maximum atomic E-state index is 4.81. The maximum Gasteiger partial charge on any atom is 0.222 e. The summed E-state index contributed by atoms with van der Waals surface area (Å²) in [4.78, 5) is 4.81. The van der Waals surface area contributed by atoms with Gasteiger partial charge in [-0.1, -0.05) is 79.9 Å². The molecule has 0 spiro atoms. The molecule has 1 aliphatic carbocycles. The molecule has 25 heavy (non-hydrogen) atoms. The van der Waals surface area contributed by atoms with Gasteiger partial charge in [0.25, 0.3) is 0 Å². The lowest BCUT2D eigenvalue weighted by atomic mass is 9.96. The van der Waals surface area contributed by atoms with Crippen LogP contribution in [-0.2, 0) is 6.54 Å². The van der Waals surface area contributed by atoms with Crippen LogP contribution in [0, 0.1) is 0 Å². The van der Waals surface area contributed by atoms with E-state index in [1.165, 1.54) is 37.7 Å². The first-order chi connectivity index (χ1) is 12.4. The molecule has 4 heteroatoms. The highest BCUT2D eigenvalue weighted by atomic mass is 15.4. The second-order valence-corrected chi connectivity index (χ2v) is 6.75. The predicted molar refractivity (Wildman–Crippen MR) is 101 cm³/mol. The summed E-state index contributed by atoms with van der Waals surface area (Å²) in [6.45, 7) is 0.732. The fourth-order valence-electron chi connectivity index (χ4n) is 3.45. The van der Waals surface area contributed by atoms with Gasteiger partial charge in [0.2, 0.25) is 5.95 Å².